The van der Waals surface area contributed by atoms with Crippen LogP contribution in [0.1, 0.15) is 5.82 Å². The molecule has 3 saturated heterocycles. The number of carboxylic acid groups (broad SMARTS) is 1. The molecule has 2 atom stereocenters. The summed E-state index contributed by atoms with van der Waals surface area (Å²) in [7, 11) is 3.33. The van der Waals surface area contributed by atoms with Gasteiger partial charge in [-0.05, 0) is 11.8 Å². The molecule has 0 aliphatic carbocycles. The van der Waals surface area contributed by atoms with Crippen LogP contribution in [0.5, 0.6) is 0 Å². The van der Waals surface area contributed by atoms with Crippen LogP contribution in [-0.4, -0.2) is 114 Å². The fraction of sp³-hybridized carbons (Fsp3) is 0.526. The van der Waals surface area contributed by atoms with E-state index in [9.17, 15) is 19.5 Å². The largest absolute Gasteiger partial charge is 0.543 e. The van der Waals surface area contributed by atoms with Crippen molar-refractivity contribution < 1.29 is 28.9 Å². The second-order valence-electron chi connectivity index (χ2n) is 8.20. The molecular weight excluding hydrogens is 549 g/mol. The minimum Gasteiger partial charge on any atom is -0.543 e. The van der Waals surface area contributed by atoms with Crippen molar-refractivity contribution in [1.29, 1.82) is 0 Å². The highest BCUT2D eigenvalue weighted by atomic mass is 32.2. The first kappa shape index (κ1) is 25.2. The van der Waals surface area contributed by atoms with Gasteiger partial charge in [0.15, 0.2) is 5.13 Å². The van der Waals surface area contributed by atoms with E-state index in [1.165, 1.54) is 40.7 Å². The number of β-lactam (4-membered cyclic amide) rings is 1. The van der Waals surface area contributed by atoms with Gasteiger partial charge in [-0.3, -0.25) is 24.0 Å². The number of aliphatic carboxylic acids is 1. The Morgan fingerprint density at radius 2 is 2.17 bits per heavy atom. The number of fused-ring (bicyclic) bond motifs is 1. The van der Waals surface area contributed by atoms with Gasteiger partial charge in [-0.2, -0.15) is 9.36 Å². The predicted octanol–water partition coefficient (Wildman–Crippen LogP) is -2.01. The summed E-state index contributed by atoms with van der Waals surface area (Å²) in [6.07, 6.45) is 0. The standard InChI is InChI=1S/C19H22N8O5S4/c1-25-3-4-33-19(25)26-5-8(6-26)35-9-7-34-16-11(15(29)27(16)12(9)17(30)31)21-14(28)10(23-32-2)13-22-18(20)36-24-13/h8,11,16H,3-7H2,1-2H3,(H3-,20,21,22,24,28,30,31)/b23-10-/t11-,16-/m1/s1. The maximum atomic E-state index is 13.0. The number of hydrogen-bond acceptors (Lipinski definition) is 13. The molecule has 5 heterocycles. The third-order valence-corrected chi connectivity index (χ3v) is 10.3. The number of anilines is 1. The van der Waals surface area contributed by atoms with Crippen LogP contribution in [0.4, 0.5) is 5.13 Å². The highest BCUT2D eigenvalue weighted by molar-refractivity contribution is 8.13. The Hall–Kier alpha value is -2.50. The van der Waals surface area contributed by atoms with Crippen molar-refractivity contribution in [1.82, 2.24) is 24.5 Å². The molecule has 36 heavy (non-hydrogen) atoms. The molecule has 0 bridgehead atoms. The highest BCUT2D eigenvalue weighted by Crippen LogP contribution is 2.45. The Balaban J connectivity index is 1.27. The third-order valence-electron chi connectivity index (χ3n) is 5.88. The lowest BCUT2D eigenvalue weighted by Crippen LogP contribution is -2.71. The number of carbonyl (C=O) groups is 3. The normalized spacial score (nSPS) is 26.0. The summed E-state index contributed by atoms with van der Waals surface area (Å²) in [5.74, 6) is -1.22. The Morgan fingerprint density at radius 3 is 2.78 bits per heavy atom. The van der Waals surface area contributed by atoms with Crippen LogP contribution in [0.3, 0.4) is 0 Å². The average Bonchev–Trinajstić information content (AvgIpc) is 3.44. The van der Waals surface area contributed by atoms with E-state index in [0.717, 1.165) is 36.9 Å². The zero-order valence-corrected chi connectivity index (χ0v) is 22.5. The first-order valence-corrected chi connectivity index (χ1v) is 14.5. The molecule has 0 radical (unpaired) electrons. The quantitative estimate of drug-likeness (QED) is 0.160. The molecule has 1 aromatic heterocycles. The Labute approximate surface area is 222 Å². The predicted molar refractivity (Wildman–Crippen MR) is 136 cm³/mol. The average molecular weight is 571 g/mol. The zero-order valence-electron chi connectivity index (χ0n) is 19.2. The van der Waals surface area contributed by atoms with E-state index in [-0.39, 0.29) is 27.6 Å². The molecule has 3 fully saturated rings. The van der Waals surface area contributed by atoms with Crippen LogP contribution in [0, 0.1) is 0 Å². The molecule has 3 N–H and O–H groups in total. The summed E-state index contributed by atoms with van der Waals surface area (Å²) in [5.41, 5.74) is 5.24. The van der Waals surface area contributed by atoms with E-state index >= 15 is 0 Å². The molecule has 0 saturated carbocycles. The van der Waals surface area contributed by atoms with Gasteiger partial charge in [-0.25, -0.2) is 0 Å². The number of amidine groups is 1. The van der Waals surface area contributed by atoms with Gasteiger partial charge in [0.25, 0.3) is 11.8 Å². The number of amides is 2. The number of nitrogens with two attached hydrogens (primary N) is 1. The third kappa shape index (κ3) is 4.52. The number of aromatic nitrogens is 2. The Morgan fingerprint density at radius 1 is 1.39 bits per heavy atom. The maximum absolute atomic E-state index is 13.0. The molecule has 192 valence electrons. The number of rotatable bonds is 7. The van der Waals surface area contributed by atoms with Gasteiger partial charge in [-0.15, -0.1) is 23.5 Å². The van der Waals surface area contributed by atoms with Gasteiger partial charge in [0.2, 0.25) is 11.5 Å². The molecule has 13 nitrogen and oxygen atoms in total. The number of hydrogen-bond donors (Lipinski definition) is 2. The van der Waals surface area contributed by atoms with Crippen LogP contribution < -0.4 is 16.2 Å². The Kier molecular flexibility index (Phi) is 7.06. The summed E-state index contributed by atoms with van der Waals surface area (Å²) in [4.78, 5) is 50.5. The second kappa shape index (κ2) is 10.1. The molecular formula is C19H22N8O5S4. The second-order valence-corrected chi connectivity index (χ2v) is 12.5. The first-order chi connectivity index (χ1) is 17.3. The lowest BCUT2D eigenvalue weighted by atomic mass is 10.0. The molecule has 0 aromatic carbocycles. The van der Waals surface area contributed by atoms with E-state index in [1.54, 1.807) is 0 Å². The van der Waals surface area contributed by atoms with E-state index in [1.807, 2.05) is 11.8 Å². The van der Waals surface area contributed by atoms with Crippen molar-refractivity contribution in [3.63, 3.8) is 0 Å². The monoisotopic (exact) mass is 570 g/mol. The smallest absolute Gasteiger partial charge is 0.308 e. The van der Waals surface area contributed by atoms with Gasteiger partial charge in [-0.1, -0.05) is 5.16 Å². The number of oxime groups is 1. The van der Waals surface area contributed by atoms with Crippen LogP contribution in [-0.2, 0) is 19.2 Å². The van der Waals surface area contributed by atoms with Gasteiger partial charge in [0, 0.05) is 27.9 Å². The zero-order chi connectivity index (χ0) is 25.6. The molecule has 4 aliphatic heterocycles. The summed E-state index contributed by atoms with van der Waals surface area (Å²) in [6.45, 7) is 2.66. The number of nitrogens with zero attached hydrogens (tertiary/aromatic N) is 6. The number of carbonyl (C=O) groups excluding carboxylic acids is 3. The van der Waals surface area contributed by atoms with E-state index in [0.29, 0.717) is 10.7 Å². The maximum Gasteiger partial charge on any atom is 0.308 e. The van der Waals surface area contributed by atoms with Crippen molar-refractivity contribution >= 4 is 80.6 Å². The van der Waals surface area contributed by atoms with Crippen molar-refractivity contribution in [2.45, 2.75) is 16.7 Å². The fourth-order valence-corrected chi connectivity index (χ4v) is 8.67. The molecule has 0 spiro atoms. The number of carboxylic acids is 1. The van der Waals surface area contributed by atoms with Crippen LogP contribution in [0.25, 0.3) is 0 Å². The molecule has 2 amide bonds. The van der Waals surface area contributed by atoms with Crippen LogP contribution >= 0.6 is 46.8 Å². The van der Waals surface area contributed by atoms with Crippen LogP contribution in [0.2, 0.25) is 0 Å². The Bertz CT molecular complexity index is 1210. The summed E-state index contributed by atoms with van der Waals surface area (Å²) >= 11 is 5.60. The SMILES string of the molecule is CO/N=C(\C(=O)N[C@@H]1C(=O)N2C(C(=O)[O-])=C(SC3C[N+](=C4SCCN4C)C3)CS[C@H]12)c1nsc(N)n1. The minimum atomic E-state index is -1.40. The van der Waals surface area contributed by atoms with Gasteiger partial charge >= 0.3 is 5.17 Å². The van der Waals surface area contributed by atoms with Crippen molar-refractivity contribution in [2.24, 2.45) is 5.16 Å². The summed E-state index contributed by atoms with van der Waals surface area (Å²) < 4.78 is 6.25. The summed E-state index contributed by atoms with van der Waals surface area (Å²) in [6, 6.07) is -0.938. The number of nitrogens with one attached hydrogen (secondary N) is 1. The topological polar surface area (TPSA) is 169 Å². The van der Waals surface area contributed by atoms with E-state index in [2.05, 4.69) is 36.4 Å². The molecule has 17 heteroatoms. The van der Waals surface area contributed by atoms with E-state index in [4.69, 9.17) is 10.6 Å². The van der Waals surface area contributed by atoms with Crippen molar-refractivity contribution in [3.05, 3.63) is 16.4 Å². The van der Waals surface area contributed by atoms with Gasteiger partial charge < -0.3 is 25.8 Å². The molecule has 5 rings (SSSR count). The number of nitrogen functional groups attached to an aromatic ring is 1. The van der Waals surface area contributed by atoms with Gasteiger partial charge in [0.1, 0.15) is 31.6 Å². The molecule has 0 unspecified atom stereocenters. The van der Waals surface area contributed by atoms with Crippen molar-refractivity contribution in [3.8, 4) is 0 Å². The van der Waals surface area contributed by atoms with Crippen LogP contribution in [0.15, 0.2) is 15.8 Å². The summed E-state index contributed by atoms with van der Waals surface area (Å²) in [5, 5.41) is 19.4. The number of thioether (sulfide) groups is 3. The first-order valence-electron chi connectivity index (χ1n) is 10.8. The minimum absolute atomic E-state index is 0.0271. The van der Waals surface area contributed by atoms with Gasteiger partial charge in [0.05, 0.1) is 30.5 Å². The highest BCUT2D eigenvalue weighted by Gasteiger charge is 2.53. The lowest BCUT2D eigenvalue weighted by Gasteiger charge is -2.51. The molecule has 1 aromatic rings. The van der Waals surface area contributed by atoms with Crippen molar-refractivity contribution in [2.75, 3.05) is 51.0 Å². The van der Waals surface area contributed by atoms with E-state index < -0.39 is 29.2 Å². The lowest BCUT2D eigenvalue weighted by molar-refractivity contribution is -0.580. The molecule has 4 aliphatic rings. The fourth-order valence-electron chi connectivity index (χ4n) is 4.17.